The first-order chi connectivity index (χ1) is 19.7. The molecule has 5 rings (SSSR count). The predicted molar refractivity (Wildman–Crippen MR) is 157 cm³/mol. The van der Waals surface area contributed by atoms with Gasteiger partial charge in [0.05, 0.1) is 18.6 Å². The van der Waals surface area contributed by atoms with Crippen molar-refractivity contribution in [2.75, 3.05) is 12.4 Å². The lowest BCUT2D eigenvalue weighted by atomic mass is 10.2. The second kappa shape index (κ2) is 13.3. The number of aromatic nitrogens is 3. The lowest BCUT2D eigenvalue weighted by molar-refractivity contribution is -0.118. The van der Waals surface area contributed by atoms with Crippen LogP contribution in [0.15, 0.2) is 119 Å². The van der Waals surface area contributed by atoms with Crippen LogP contribution in [0.25, 0.3) is 17.1 Å². The number of hydrazone groups is 1. The number of hydrogen-bond donors (Lipinski definition) is 1. The standard InChI is InChI=1S/C31H27N5O3S/c1-2-38-26-18-16-25(17-19-26)36-30(24-11-5-3-6-12-24)34-35-31(36)40-22-29(37)33-32-21-23-10-9-15-28(20-23)39-27-13-7-4-8-14-27/h3-21H,2,22H2,1H3,(H,33,37)/b32-21+. The van der Waals surface area contributed by atoms with E-state index in [2.05, 4.69) is 20.7 Å². The van der Waals surface area contributed by atoms with E-state index >= 15 is 0 Å². The molecule has 0 saturated heterocycles. The fourth-order valence-corrected chi connectivity index (χ4v) is 4.60. The average molecular weight is 550 g/mol. The number of ether oxygens (including phenoxy) is 2. The summed E-state index contributed by atoms with van der Waals surface area (Å²) in [5, 5.41) is 13.5. The maximum atomic E-state index is 12.6. The van der Waals surface area contributed by atoms with Gasteiger partial charge in [-0.1, -0.05) is 72.4 Å². The van der Waals surface area contributed by atoms with Crippen molar-refractivity contribution in [3.05, 3.63) is 115 Å². The van der Waals surface area contributed by atoms with E-state index in [4.69, 9.17) is 9.47 Å². The van der Waals surface area contributed by atoms with Gasteiger partial charge in [0.15, 0.2) is 11.0 Å². The third kappa shape index (κ3) is 6.95. The van der Waals surface area contributed by atoms with Crippen molar-refractivity contribution < 1.29 is 14.3 Å². The molecule has 0 aliphatic carbocycles. The molecule has 200 valence electrons. The van der Waals surface area contributed by atoms with Gasteiger partial charge < -0.3 is 9.47 Å². The Morgan fingerprint density at radius 3 is 2.35 bits per heavy atom. The highest BCUT2D eigenvalue weighted by Crippen LogP contribution is 2.29. The van der Waals surface area contributed by atoms with E-state index in [9.17, 15) is 4.79 Å². The number of para-hydroxylation sites is 1. The first-order valence-corrected chi connectivity index (χ1v) is 13.7. The van der Waals surface area contributed by atoms with Gasteiger partial charge in [0.2, 0.25) is 0 Å². The number of rotatable bonds is 11. The third-order valence-electron chi connectivity index (χ3n) is 5.64. The molecule has 4 aromatic carbocycles. The first-order valence-electron chi connectivity index (χ1n) is 12.7. The molecule has 1 N–H and O–H groups in total. The second-order valence-corrected chi connectivity index (χ2v) is 9.45. The molecule has 9 heteroatoms. The maximum Gasteiger partial charge on any atom is 0.250 e. The lowest BCUT2D eigenvalue weighted by Crippen LogP contribution is -2.20. The SMILES string of the molecule is CCOc1ccc(-n2c(SCC(=O)N/N=C/c3cccc(Oc4ccccc4)c3)nnc2-c2ccccc2)cc1. The molecule has 0 fully saturated rings. The lowest BCUT2D eigenvalue weighted by Gasteiger charge is -2.11. The van der Waals surface area contributed by atoms with Crippen molar-refractivity contribution in [1.29, 1.82) is 0 Å². The molecule has 0 unspecified atom stereocenters. The largest absolute Gasteiger partial charge is 0.494 e. The number of carbonyl (C=O) groups excluding carboxylic acids is 1. The van der Waals surface area contributed by atoms with Gasteiger partial charge in [-0.25, -0.2) is 5.43 Å². The first kappa shape index (κ1) is 26.7. The molecule has 0 spiro atoms. The molecule has 1 aromatic heterocycles. The predicted octanol–water partition coefficient (Wildman–Crippen LogP) is 6.37. The van der Waals surface area contributed by atoms with Gasteiger partial charge in [-0.3, -0.25) is 9.36 Å². The Kier molecular flexibility index (Phi) is 8.85. The van der Waals surface area contributed by atoms with Crippen LogP contribution in [-0.4, -0.2) is 39.2 Å². The summed E-state index contributed by atoms with van der Waals surface area (Å²) in [5.74, 6) is 2.74. The van der Waals surface area contributed by atoms with E-state index in [-0.39, 0.29) is 11.7 Å². The number of hydrogen-bond acceptors (Lipinski definition) is 7. The van der Waals surface area contributed by atoms with Crippen LogP contribution in [0.1, 0.15) is 12.5 Å². The van der Waals surface area contributed by atoms with Crippen molar-refractivity contribution in [3.8, 4) is 34.3 Å². The minimum absolute atomic E-state index is 0.110. The van der Waals surface area contributed by atoms with Crippen molar-refractivity contribution >= 4 is 23.9 Å². The van der Waals surface area contributed by atoms with Gasteiger partial charge in [0.1, 0.15) is 17.2 Å². The molecule has 1 heterocycles. The van der Waals surface area contributed by atoms with Crippen LogP contribution in [0.3, 0.4) is 0 Å². The van der Waals surface area contributed by atoms with Crippen LogP contribution in [0.5, 0.6) is 17.2 Å². The van der Waals surface area contributed by atoms with Crippen LogP contribution in [0.4, 0.5) is 0 Å². The Bertz CT molecular complexity index is 1570. The summed E-state index contributed by atoms with van der Waals surface area (Å²) in [4.78, 5) is 12.6. The normalized spacial score (nSPS) is 10.9. The Balaban J connectivity index is 1.25. The number of amides is 1. The zero-order chi connectivity index (χ0) is 27.6. The summed E-state index contributed by atoms with van der Waals surface area (Å²) >= 11 is 1.28. The molecule has 5 aromatic rings. The van der Waals surface area contributed by atoms with Crippen LogP contribution in [0, 0.1) is 0 Å². The van der Waals surface area contributed by atoms with Gasteiger partial charge in [-0.05, 0) is 61.0 Å². The topological polar surface area (TPSA) is 90.6 Å². The van der Waals surface area contributed by atoms with E-state index in [1.54, 1.807) is 6.21 Å². The van der Waals surface area contributed by atoms with Crippen molar-refractivity contribution in [2.24, 2.45) is 5.10 Å². The molecule has 40 heavy (non-hydrogen) atoms. The van der Waals surface area contributed by atoms with E-state index < -0.39 is 0 Å². The van der Waals surface area contributed by atoms with E-state index in [1.165, 1.54) is 11.8 Å². The summed E-state index contributed by atoms with van der Waals surface area (Å²) in [6, 6.07) is 34.5. The highest BCUT2D eigenvalue weighted by Gasteiger charge is 2.17. The summed E-state index contributed by atoms with van der Waals surface area (Å²) < 4.78 is 13.4. The second-order valence-electron chi connectivity index (χ2n) is 8.50. The fraction of sp³-hybridized carbons (Fsp3) is 0.0968. The molecule has 8 nitrogen and oxygen atoms in total. The Morgan fingerprint density at radius 1 is 0.875 bits per heavy atom. The molecule has 0 saturated carbocycles. The Hall–Kier alpha value is -4.89. The van der Waals surface area contributed by atoms with Crippen LogP contribution < -0.4 is 14.9 Å². The number of nitrogens with zero attached hydrogens (tertiary/aromatic N) is 4. The molecular weight excluding hydrogens is 522 g/mol. The number of benzene rings is 4. The smallest absolute Gasteiger partial charge is 0.250 e. The summed E-state index contributed by atoms with van der Waals surface area (Å²) in [6.07, 6.45) is 1.58. The third-order valence-corrected chi connectivity index (χ3v) is 6.57. The van der Waals surface area contributed by atoms with Crippen molar-refractivity contribution in [2.45, 2.75) is 12.1 Å². The van der Waals surface area contributed by atoms with E-state index in [0.29, 0.717) is 23.3 Å². The highest BCUT2D eigenvalue weighted by atomic mass is 32.2. The summed E-state index contributed by atoms with van der Waals surface area (Å²) in [7, 11) is 0. The molecule has 0 radical (unpaired) electrons. The minimum Gasteiger partial charge on any atom is -0.494 e. The van der Waals surface area contributed by atoms with E-state index in [1.807, 2.05) is 121 Å². The maximum absolute atomic E-state index is 12.6. The van der Waals surface area contributed by atoms with Gasteiger partial charge in [-0.15, -0.1) is 10.2 Å². The van der Waals surface area contributed by atoms with Crippen molar-refractivity contribution in [3.63, 3.8) is 0 Å². The number of nitrogens with one attached hydrogen (secondary N) is 1. The Morgan fingerprint density at radius 2 is 1.60 bits per heavy atom. The molecule has 0 aliphatic rings. The highest BCUT2D eigenvalue weighted by molar-refractivity contribution is 7.99. The monoisotopic (exact) mass is 549 g/mol. The van der Waals surface area contributed by atoms with Crippen molar-refractivity contribution in [1.82, 2.24) is 20.2 Å². The Labute approximate surface area is 236 Å². The molecule has 0 aliphatic heterocycles. The molecule has 1 amide bonds. The van der Waals surface area contributed by atoms with Crippen LogP contribution >= 0.6 is 11.8 Å². The average Bonchev–Trinajstić information content (AvgIpc) is 3.42. The zero-order valence-electron chi connectivity index (χ0n) is 21.8. The quantitative estimate of drug-likeness (QED) is 0.117. The van der Waals surface area contributed by atoms with Gasteiger partial charge in [-0.2, -0.15) is 5.10 Å². The molecule has 0 atom stereocenters. The number of thioether (sulfide) groups is 1. The minimum atomic E-state index is -0.263. The van der Waals surface area contributed by atoms with Gasteiger partial charge in [0.25, 0.3) is 5.91 Å². The summed E-state index contributed by atoms with van der Waals surface area (Å²) in [6.45, 7) is 2.54. The van der Waals surface area contributed by atoms with Crippen LogP contribution in [-0.2, 0) is 4.79 Å². The summed E-state index contributed by atoms with van der Waals surface area (Å²) in [5.41, 5.74) is 5.17. The van der Waals surface area contributed by atoms with Gasteiger partial charge in [0, 0.05) is 11.3 Å². The van der Waals surface area contributed by atoms with Crippen LogP contribution in [0.2, 0.25) is 0 Å². The van der Waals surface area contributed by atoms with E-state index in [0.717, 1.165) is 28.3 Å². The molecule has 0 bridgehead atoms. The zero-order valence-corrected chi connectivity index (χ0v) is 22.6. The number of carbonyl (C=O) groups is 1. The fourth-order valence-electron chi connectivity index (χ4n) is 3.85. The van der Waals surface area contributed by atoms with Gasteiger partial charge >= 0.3 is 0 Å². The molecular formula is C31H27N5O3S.